The summed E-state index contributed by atoms with van der Waals surface area (Å²) in [4.78, 5) is 46.4. The average Bonchev–Trinajstić information content (AvgIpc) is 1.66. The van der Waals surface area contributed by atoms with E-state index in [1.165, 1.54) is 95.6 Å². The average molecular weight is 1900 g/mol. The van der Waals surface area contributed by atoms with E-state index in [4.69, 9.17) is 39.9 Å². The zero-order valence-corrected chi connectivity index (χ0v) is 80.5. The Morgan fingerprint density at radius 2 is 0.483 bits per heavy atom. The first-order valence-corrected chi connectivity index (χ1v) is 51.0. The fourth-order valence-corrected chi connectivity index (χ4v) is 24.1. The lowest BCUT2D eigenvalue weighted by molar-refractivity contribution is 1.24. The molecule has 0 aliphatic heterocycles. The second-order valence-corrected chi connectivity index (χ2v) is 39.8. The van der Waals surface area contributed by atoms with E-state index in [-0.39, 0.29) is 0 Å². The van der Waals surface area contributed by atoms with Gasteiger partial charge in [0, 0.05) is 116 Å². The number of nitrogens with zero attached hydrogens (tertiary/aromatic N) is 9. The van der Waals surface area contributed by atoms with Gasteiger partial charge in [-0.15, -0.1) is 34.0 Å². The number of thiophene rings is 3. The zero-order valence-electron chi connectivity index (χ0n) is 78.0. The largest absolute Gasteiger partial charge is 0.264 e. The van der Waals surface area contributed by atoms with Crippen LogP contribution in [0, 0.1) is 0 Å². The van der Waals surface area contributed by atoms with E-state index in [9.17, 15) is 0 Å². The molecule has 0 aliphatic carbocycles. The Kier molecular flexibility index (Phi) is 21.7. The van der Waals surface area contributed by atoms with Crippen molar-refractivity contribution >= 4 is 171 Å². The highest BCUT2D eigenvalue weighted by atomic mass is 32.1. The highest BCUT2D eigenvalue weighted by Gasteiger charge is 2.26. The predicted octanol–water partition coefficient (Wildman–Crippen LogP) is 36.5. The van der Waals surface area contributed by atoms with Gasteiger partial charge in [0.15, 0.2) is 17.5 Å². The molecule has 0 N–H and O–H groups in total. The lowest BCUT2D eigenvalue weighted by Gasteiger charge is -2.15. The van der Waals surface area contributed by atoms with Crippen molar-refractivity contribution in [3.05, 3.63) is 492 Å². The molecule has 0 bridgehead atoms. The Balaban J connectivity index is 0.000000109. The van der Waals surface area contributed by atoms with Gasteiger partial charge in [0.05, 0.1) is 58.8 Å². The number of hydrogen-bond donors (Lipinski definition) is 0. The summed E-state index contributed by atoms with van der Waals surface area (Å²) in [6.45, 7) is 0. The van der Waals surface area contributed by atoms with Crippen LogP contribution in [0.5, 0.6) is 0 Å². The van der Waals surface area contributed by atoms with Crippen molar-refractivity contribution in [3.8, 4) is 146 Å². The molecule has 0 aliphatic rings. The third-order valence-electron chi connectivity index (χ3n) is 27.7. The van der Waals surface area contributed by atoms with Gasteiger partial charge in [-0.1, -0.05) is 340 Å². The van der Waals surface area contributed by atoms with Crippen molar-refractivity contribution in [2.45, 2.75) is 0 Å². The smallest absolute Gasteiger partial charge is 0.160 e. The van der Waals surface area contributed by atoms with Crippen LogP contribution in [0.25, 0.3) is 282 Å². The zero-order chi connectivity index (χ0) is 95.8. The minimum Gasteiger partial charge on any atom is -0.264 e. The fraction of sp³-hybridized carbons (Fsp3) is 0. The van der Waals surface area contributed by atoms with Gasteiger partial charge in [0.2, 0.25) is 0 Å². The topological polar surface area (TPSA) is 116 Å². The first-order chi connectivity index (χ1) is 71.8. The van der Waals surface area contributed by atoms with Crippen molar-refractivity contribution in [3.63, 3.8) is 0 Å². The Morgan fingerprint density at radius 1 is 0.159 bits per heavy atom. The van der Waals surface area contributed by atoms with Gasteiger partial charge in [-0.05, 0) is 242 Å². The normalized spacial score (nSPS) is 11.6. The van der Waals surface area contributed by atoms with Crippen LogP contribution in [0.1, 0.15) is 0 Å². The van der Waals surface area contributed by atoms with Crippen LogP contribution in [-0.4, -0.2) is 44.9 Å². The molecule has 0 saturated heterocycles. The lowest BCUT2D eigenvalue weighted by atomic mass is 9.90. The minimum atomic E-state index is 0.678. The van der Waals surface area contributed by atoms with Gasteiger partial charge in [0.25, 0.3) is 0 Å². The van der Waals surface area contributed by atoms with E-state index in [0.29, 0.717) is 11.6 Å². The Morgan fingerprint density at radius 3 is 0.972 bits per heavy atom. The van der Waals surface area contributed by atoms with E-state index in [1.807, 2.05) is 55.1 Å². The maximum Gasteiger partial charge on any atom is 0.160 e. The molecule has 0 spiro atoms. The lowest BCUT2D eigenvalue weighted by Crippen LogP contribution is -1.96. The highest BCUT2D eigenvalue weighted by Crippen LogP contribution is 2.49. The third-order valence-corrected chi connectivity index (χ3v) is 31.2. The van der Waals surface area contributed by atoms with Crippen LogP contribution in [0.3, 0.4) is 0 Å². The third kappa shape index (κ3) is 16.1. The quantitative estimate of drug-likeness (QED) is 0.104. The SMILES string of the molecule is c1ccc(-c2cc(-c3ccccc3)cc(-c3nc(-c4ccc5ccccc5c4)c4sc5ccccc5c4n3)c2)cc1.c1ccc(-c2cccc(-c3nc(-c4cc(-c5cnc6ccccc6c5)cc(-c5cnc6ccccc6c5)c4)nc4c3sc3ccccc34)c2)cc1.c1cncc(-c2cc(-c3nc(-c4cc5ccccc5c5ccccc45)c4sc5ccccc5c4n3)cc(-c3cc4ccccc4c4ccccc34)c2)c1. The van der Waals surface area contributed by atoms with Gasteiger partial charge >= 0.3 is 0 Å². The predicted molar refractivity (Wildman–Crippen MR) is 611 cm³/mol. The standard InChI is InChI=1S/C49H29N3S.C46H28N4S.C38H24N2S/c1-3-15-36-30(12-1)27-43(40-19-7-5-17-38(36)40)34-24-33(32-14-11-23-50-29-32)25-35(26-34)49-51-46-42-21-9-10-22-45(42)53-48(46)47(52-49)44-28-31-13-2-4-16-37(31)39-18-6-8-20-41(39)44;1-2-11-29(12-3-1)30-15-10-16-33(21-30)43-45-44(39-17-6-9-20-42(39)51-45)50-46(49-43)36-25-34(37-22-31-13-4-7-18-40(31)47-27-37)24-35(26-36)38-23-32-14-5-8-19-41(32)48-28-38;1-3-11-25(12-4-1)30-22-31(26-13-5-2-6-14-26)24-32(23-30)38-39-35(29-20-19-27-15-7-8-16-28(27)21-29)37-36(40-38)33-17-9-10-18-34(33)41-37/h1-29H;1-28H;1-24H. The maximum absolute atomic E-state index is 5.56. The monoisotopic (exact) mass is 1900 g/mol. The summed E-state index contributed by atoms with van der Waals surface area (Å²) in [5, 5.41) is 17.8. The second kappa shape index (κ2) is 36.7. The number of hydrogen-bond acceptors (Lipinski definition) is 12. The number of pyridine rings is 3. The molecule has 145 heavy (non-hydrogen) atoms. The second-order valence-electron chi connectivity index (χ2n) is 36.6. The number of aromatic nitrogens is 9. The van der Waals surface area contributed by atoms with E-state index in [1.54, 1.807) is 34.0 Å². The van der Waals surface area contributed by atoms with E-state index < -0.39 is 0 Å². The minimum absolute atomic E-state index is 0.678. The van der Waals surface area contributed by atoms with E-state index >= 15 is 0 Å². The molecule has 9 heterocycles. The summed E-state index contributed by atoms with van der Waals surface area (Å²) in [7, 11) is 0. The molecule has 0 atom stereocenters. The number of fused-ring (bicyclic) bond motifs is 18. The van der Waals surface area contributed by atoms with Crippen molar-refractivity contribution in [1.82, 2.24) is 44.9 Å². The number of para-hydroxylation sites is 2. The molecular formula is C133H81N9S3. The van der Waals surface area contributed by atoms with Crippen molar-refractivity contribution in [1.29, 1.82) is 0 Å². The molecule has 0 fully saturated rings. The summed E-state index contributed by atoms with van der Waals surface area (Å²) < 4.78 is 6.91. The summed E-state index contributed by atoms with van der Waals surface area (Å²) >= 11 is 5.29. The van der Waals surface area contributed by atoms with Gasteiger partial charge in [-0.2, -0.15) is 0 Å². The van der Waals surface area contributed by atoms with E-state index in [2.05, 4.69) is 442 Å². The van der Waals surface area contributed by atoms with Crippen LogP contribution < -0.4 is 0 Å². The molecule has 9 aromatic heterocycles. The number of benzene rings is 20. The fourth-order valence-electron chi connectivity index (χ4n) is 20.6. The van der Waals surface area contributed by atoms with Gasteiger partial charge < -0.3 is 0 Å². The van der Waals surface area contributed by atoms with Crippen LogP contribution in [0.4, 0.5) is 0 Å². The molecule has 29 rings (SSSR count). The Bertz CT molecular complexity index is 10000. The van der Waals surface area contributed by atoms with E-state index in [0.717, 1.165) is 175 Å². The molecule has 0 amide bonds. The Labute approximate surface area is 846 Å². The molecular weight excluding hydrogens is 1820 g/mol. The van der Waals surface area contributed by atoms with Crippen molar-refractivity contribution in [2.24, 2.45) is 0 Å². The van der Waals surface area contributed by atoms with Crippen LogP contribution >= 0.6 is 34.0 Å². The molecule has 9 nitrogen and oxygen atoms in total. The van der Waals surface area contributed by atoms with Crippen LogP contribution in [0.15, 0.2) is 492 Å². The van der Waals surface area contributed by atoms with Gasteiger partial charge in [-0.25, -0.2) is 29.9 Å². The molecule has 0 saturated carbocycles. The molecule has 0 radical (unpaired) electrons. The summed E-state index contributed by atoms with van der Waals surface area (Å²) in [6.07, 6.45) is 7.68. The van der Waals surface area contributed by atoms with Gasteiger partial charge in [-0.3, -0.25) is 15.0 Å². The molecule has 676 valence electrons. The molecule has 0 unspecified atom stereocenters. The van der Waals surface area contributed by atoms with Crippen molar-refractivity contribution in [2.75, 3.05) is 0 Å². The van der Waals surface area contributed by atoms with Crippen LogP contribution in [-0.2, 0) is 0 Å². The molecule has 20 aromatic carbocycles. The maximum atomic E-state index is 5.56. The number of rotatable bonds is 13. The summed E-state index contributed by atoms with van der Waals surface area (Å²) in [5.74, 6) is 2.11. The summed E-state index contributed by atoms with van der Waals surface area (Å²) in [6, 6.07) is 166. The highest BCUT2D eigenvalue weighted by molar-refractivity contribution is 7.27. The Hall–Kier alpha value is -18.4. The van der Waals surface area contributed by atoms with Gasteiger partial charge in [0.1, 0.15) is 0 Å². The molecule has 29 aromatic rings. The molecule has 12 heteroatoms. The summed E-state index contributed by atoms with van der Waals surface area (Å²) in [5.41, 5.74) is 29.4. The first kappa shape index (κ1) is 85.7. The van der Waals surface area contributed by atoms with Crippen molar-refractivity contribution < 1.29 is 0 Å². The first-order valence-electron chi connectivity index (χ1n) is 48.5. The van der Waals surface area contributed by atoms with Crippen LogP contribution in [0.2, 0.25) is 0 Å².